The van der Waals surface area contributed by atoms with Crippen molar-refractivity contribution in [3.63, 3.8) is 0 Å². The van der Waals surface area contributed by atoms with E-state index >= 15 is 0 Å². The second-order valence-electron chi connectivity index (χ2n) is 6.23. The molecule has 0 radical (unpaired) electrons. The van der Waals surface area contributed by atoms with Gasteiger partial charge in [0.25, 0.3) is 0 Å². The van der Waals surface area contributed by atoms with Crippen LogP contribution in [0.4, 0.5) is 0 Å². The number of hydrogen-bond donors (Lipinski definition) is 1. The van der Waals surface area contributed by atoms with Crippen molar-refractivity contribution in [2.75, 3.05) is 7.11 Å². The summed E-state index contributed by atoms with van der Waals surface area (Å²) in [6.07, 6.45) is 0. The molecular formula is C20H25N3O2S. The van der Waals surface area contributed by atoms with Crippen LogP contribution in [0, 0.1) is 13.8 Å². The quantitative estimate of drug-likeness (QED) is 0.651. The Hall–Kier alpha value is -2.31. The number of aryl methyl sites for hydroxylation is 2. The minimum absolute atomic E-state index is 0.561. The van der Waals surface area contributed by atoms with Crippen LogP contribution < -0.4 is 14.8 Å². The van der Waals surface area contributed by atoms with E-state index in [0.717, 1.165) is 35.8 Å². The van der Waals surface area contributed by atoms with E-state index in [1.807, 2.05) is 36.9 Å². The van der Waals surface area contributed by atoms with Gasteiger partial charge in [0, 0.05) is 36.3 Å². The summed E-state index contributed by atoms with van der Waals surface area (Å²) in [5.41, 5.74) is 4.69. The molecule has 6 heteroatoms. The van der Waals surface area contributed by atoms with Gasteiger partial charge < -0.3 is 14.8 Å². The van der Waals surface area contributed by atoms with Gasteiger partial charge in [0.1, 0.15) is 6.61 Å². The maximum absolute atomic E-state index is 5.89. The van der Waals surface area contributed by atoms with E-state index in [0.29, 0.717) is 6.61 Å². The summed E-state index contributed by atoms with van der Waals surface area (Å²) in [6, 6.07) is 10.2. The van der Waals surface area contributed by atoms with Crippen LogP contribution in [0.25, 0.3) is 0 Å². The highest BCUT2D eigenvalue weighted by atomic mass is 32.1. The molecule has 0 unspecified atom stereocenters. The lowest BCUT2D eigenvalue weighted by atomic mass is 10.1. The molecule has 2 heterocycles. The third-order valence-electron chi connectivity index (χ3n) is 4.47. The minimum Gasteiger partial charge on any atom is -0.493 e. The summed E-state index contributed by atoms with van der Waals surface area (Å²) in [7, 11) is 3.65. The summed E-state index contributed by atoms with van der Waals surface area (Å²) in [6.45, 7) is 6.26. The van der Waals surface area contributed by atoms with E-state index in [2.05, 4.69) is 34.9 Å². The molecule has 0 fully saturated rings. The van der Waals surface area contributed by atoms with Gasteiger partial charge in [-0.15, -0.1) is 11.3 Å². The fourth-order valence-corrected chi connectivity index (χ4v) is 3.51. The van der Waals surface area contributed by atoms with E-state index in [9.17, 15) is 0 Å². The molecule has 5 nitrogen and oxygen atoms in total. The Labute approximate surface area is 158 Å². The molecule has 3 aromatic rings. The number of hydrogen-bond acceptors (Lipinski definition) is 5. The van der Waals surface area contributed by atoms with Gasteiger partial charge >= 0.3 is 0 Å². The zero-order chi connectivity index (χ0) is 18.5. The minimum atomic E-state index is 0.561. The predicted molar refractivity (Wildman–Crippen MR) is 105 cm³/mol. The Bertz CT molecular complexity index is 856. The van der Waals surface area contributed by atoms with Gasteiger partial charge in [0.05, 0.1) is 12.8 Å². The van der Waals surface area contributed by atoms with Gasteiger partial charge in [-0.25, -0.2) is 0 Å². The van der Waals surface area contributed by atoms with Crippen molar-refractivity contribution in [3.05, 3.63) is 63.1 Å². The fraction of sp³-hybridized carbons (Fsp3) is 0.350. The van der Waals surface area contributed by atoms with E-state index in [4.69, 9.17) is 9.47 Å². The molecule has 0 saturated carbocycles. The summed E-state index contributed by atoms with van der Waals surface area (Å²) in [5.74, 6) is 1.53. The van der Waals surface area contributed by atoms with Crippen LogP contribution in [-0.4, -0.2) is 16.9 Å². The summed E-state index contributed by atoms with van der Waals surface area (Å²) in [4.78, 5) is 1.19. The van der Waals surface area contributed by atoms with Crippen LogP contribution in [0.5, 0.6) is 11.5 Å². The molecule has 138 valence electrons. The van der Waals surface area contributed by atoms with E-state index in [1.54, 1.807) is 18.4 Å². The maximum atomic E-state index is 5.89. The Balaban J connectivity index is 1.60. The lowest BCUT2D eigenvalue weighted by Gasteiger charge is -2.12. The molecule has 26 heavy (non-hydrogen) atoms. The van der Waals surface area contributed by atoms with Gasteiger partial charge in [0.2, 0.25) is 0 Å². The number of nitrogens with one attached hydrogen (secondary N) is 1. The van der Waals surface area contributed by atoms with Crippen LogP contribution in [0.1, 0.15) is 27.4 Å². The zero-order valence-electron chi connectivity index (χ0n) is 15.7. The molecule has 0 amide bonds. The standard InChI is InChI=1S/C20H25N3O2S/c1-14-18(15(2)23(3)22-14)12-21-11-16-7-8-19(20(10-16)24-4)25-13-17-6-5-9-26-17/h5-10,21H,11-13H2,1-4H3. The maximum Gasteiger partial charge on any atom is 0.161 e. The Morgan fingerprint density at radius 1 is 1.15 bits per heavy atom. The molecule has 0 aliphatic carbocycles. The monoisotopic (exact) mass is 371 g/mol. The Kier molecular flexibility index (Phi) is 5.96. The molecule has 0 saturated heterocycles. The smallest absolute Gasteiger partial charge is 0.161 e. The van der Waals surface area contributed by atoms with E-state index < -0.39 is 0 Å². The second-order valence-corrected chi connectivity index (χ2v) is 7.26. The van der Waals surface area contributed by atoms with Gasteiger partial charge in [-0.3, -0.25) is 4.68 Å². The first-order valence-electron chi connectivity index (χ1n) is 8.60. The molecule has 0 aliphatic heterocycles. The SMILES string of the molecule is COc1cc(CNCc2c(C)nn(C)c2C)ccc1OCc1cccs1. The Morgan fingerprint density at radius 3 is 2.65 bits per heavy atom. The van der Waals surface area contributed by atoms with Crippen molar-refractivity contribution in [1.29, 1.82) is 0 Å². The summed E-state index contributed by atoms with van der Waals surface area (Å²) < 4.78 is 13.3. The molecule has 0 bridgehead atoms. The molecule has 0 atom stereocenters. The number of ether oxygens (including phenoxy) is 2. The van der Waals surface area contributed by atoms with Crippen molar-refractivity contribution < 1.29 is 9.47 Å². The largest absolute Gasteiger partial charge is 0.493 e. The van der Waals surface area contributed by atoms with Gasteiger partial charge in [-0.2, -0.15) is 5.10 Å². The van der Waals surface area contributed by atoms with Crippen molar-refractivity contribution in [3.8, 4) is 11.5 Å². The van der Waals surface area contributed by atoms with E-state index in [1.165, 1.54) is 16.1 Å². The van der Waals surface area contributed by atoms with Gasteiger partial charge in [-0.05, 0) is 43.0 Å². The van der Waals surface area contributed by atoms with Gasteiger partial charge in [-0.1, -0.05) is 12.1 Å². The van der Waals surface area contributed by atoms with E-state index in [-0.39, 0.29) is 0 Å². The first-order chi connectivity index (χ1) is 12.6. The highest BCUT2D eigenvalue weighted by Crippen LogP contribution is 2.29. The van der Waals surface area contributed by atoms with Crippen LogP contribution in [0.15, 0.2) is 35.7 Å². The highest BCUT2D eigenvalue weighted by Gasteiger charge is 2.10. The number of thiophene rings is 1. The second kappa shape index (κ2) is 8.38. The average molecular weight is 372 g/mol. The molecular weight excluding hydrogens is 346 g/mol. The number of aromatic nitrogens is 2. The zero-order valence-corrected chi connectivity index (χ0v) is 16.5. The van der Waals surface area contributed by atoms with Crippen molar-refractivity contribution in [2.24, 2.45) is 7.05 Å². The Morgan fingerprint density at radius 2 is 2.00 bits per heavy atom. The molecule has 1 aromatic carbocycles. The van der Waals surface area contributed by atoms with Crippen LogP contribution in [-0.2, 0) is 26.7 Å². The highest BCUT2D eigenvalue weighted by molar-refractivity contribution is 7.09. The molecule has 3 rings (SSSR count). The van der Waals surface area contributed by atoms with Crippen molar-refractivity contribution in [1.82, 2.24) is 15.1 Å². The third-order valence-corrected chi connectivity index (χ3v) is 5.32. The fourth-order valence-electron chi connectivity index (χ4n) is 2.89. The molecule has 0 spiro atoms. The lowest BCUT2D eigenvalue weighted by molar-refractivity contribution is 0.287. The topological polar surface area (TPSA) is 48.3 Å². The summed E-state index contributed by atoms with van der Waals surface area (Å²) >= 11 is 1.69. The third kappa shape index (κ3) is 4.26. The van der Waals surface area contributed by atoms with Gasteiger partial charge in [0.15, 0.2) is 11.5 Å². The first kappa shape index (κ1) is 18.5. The number of nitrogens with zero attached hydrogens (tertiary/aromatic N) is 2. The van der Waals surface area contributed by atoms with Crippen LogP contribution in [0.3, 0.4) is 0 Å². The van der Waals surface area contributed by atoms with Crippen LogP contribution >= 0.6 is 11.3 Å². The number of rotatable bonds is 8. The average Bonchev–Trinajstić information content (AvgIpc) is 3.24. The lowest BCUT2D eigenvalue weighted by Crippen LogP contribution is -2.14. The van der Waals surface area contributed by atoms with Crippen molar-refractivity contribution >= 4 is 11.3 Å². The summed E-state index contributed by atoms with van der Waals surface area (Å²) in [5, 5.41) is 10.00. The predicted octanol–water partition coefficient (Wildman–Crippen LogP) is 3.98. The molecule has 0 aliphatic rings. The number of benzene rings is 1. The molecule has 1 N–H and O–H groups in total. The number of methoxy groups -OCH3 is 1. The molecule has 2 aromatic heterocycles. The van der Waals surface area contributed by atoms with Crippen LogP contribution in [0.2, 0.25) is 0 Å². The first-order valence-corrected chi connectivity index (χ1v) is 9.48. The van der Waals surface area contributed by atoms with Crippen molar-refractivity contribution in [2.45, 2.75) is 33.5 Å². The normalized spacial score (nSPS) is 10.9.